The average Bonchev–Trinajstić information content (AvgIpc) is 3.02. The number of hydrogen-bond acceptors (Lipinski definition) is 7. The Balaban J connectivity index is 1.80. The number of carbonyl (C=O) groups is 1. The van der Waals surface area contributed by atoms with E-state index in [1.165, 1.54) is 42.6 Å². The van der Waals surface area contributed by atoms with Crippen LogP contribution in [-0.2, 0) is 11.2 Å². The second kappa shape index (κ2) is 8.22. The lowest BCUT2D eigenvalue weighted by Gasteiger charge is -2.12. The van der Waals surface area contributed by atoms with E-state index in [-0.39, 0.29) is 17.2 Å². The molecule has 1 saturated heterocycles. The molecule has 2 aromatic carbocycles. The van der Waals surface area contributed by atoms with E-state index in [0.717, 1.165) is 12.1 Å². The minimum Gasteiger partial charge on any atom is -0.500 e. The number of methoxy groups -OCH3 is 1. The number of benzene rings is 2. The van der Waals surface area contributed by atoms with Crippen LogP contribution in [0.1, 0.15) is 18.1 Å². The van der Waals surface area contributed by atoms with Gasteiger partial charge in [0.15, 0.2) is 11.2 Å². The molecule has 1 unspecified atom stereocenters. The van der Waals surface area contributed by atoms with Crippen molar-refractivity contribution in [1.29, 1.82) is 0 Å². The van der Waals surface area contributed by atoms with Gasteiger partial charge in [-0.2, -0.15) is 0 Å². The first-order valence-corrected chi connectivity index (χ1v) is 9.39. The first kappa shape index (κ1) is 19.6. The number of rotatable bonds is 6. The number of thioether (sulfide) groups is 1. The van der Waals surface area contributed by atoms with Crippen LogP contribution < -0.4 is 15.4 Å². The lowest BCUT2D eigenvalue weighted by atomic mass is 10.1. The maximum absolute atomic E-state index is 12.3. The Morgan fingerprint density at radius 1 is 1.36 bits per heavy atom. The third-order valence-corrected chi connectivity index (χ3v) is 5.21. The summed E-state index contributed by atoms with van der Waals surface area (Å²) in [6.45, 7) is 2.08. The summed E-state index contributed by atoms with van der Waals surface area (Å²) < 4.78 is 4.98. The number of carbonyl (C=O) groups excluding carboxylic acids is 1. The van der Waals surface area contributed by atoms with Crippen molar-refractivity contribution in [3.8, 4) is 11.5 Å². The predicted molar refractivity (Wildman–Crippen MR) is 108 cm³/mol. The van der Waals surface area contributed by atoms with Gasteiger partial charge in [0.25, 0.3) is 5.91 Å². The number of nitro groups is 1. The van der Waals surface area contributed by atoms with E-state index in [4.69, 9.17) is 4.74 Å². The topological polar surface area (TPSA) is 114 Å². The fourth-order valence-corrected chi connectivity index (χ4v) is 3.68. The number of nitrogens with one attached hydrogen (secondary N) is 2. The highest BCUT2D eigenvalue weighted by molar-refractivity contribution is 8.05. The standard InChI is InChI=1S/C19H19N3O5S/c1-3-11-4-6-13(7-5-11)20-19-21-18(24)16(28-19)10-12-8-14(22(25)26)17(23)15(9-12)27-2/h4-10,19-20,23H,3H2,1-2H3,(H,21,24)/b16-10-. The van der Waals surface area contributed by atoms with E-state index in [1.54, 1.807) is 0 Å². The smallest absolute Gasteiger partial charge is 0.315 e. The van der Waals surface area contributed by atoms with Crippen LogP contribution in [0.2, 0.25) is 0 Å². The molecule has 0 bridgehead atoms. The van der Waals surface area contributed by atoms with E-state index in [2.05, 4.69) is 17.6 Å². The molecule has 146 valence electrons. The molecule has 9 heteroatoms. The van der Waals surface area contributed by atoms with Crippen LogP contribution in [0.15, 0.2) is 41.3 Å². The van der Waals surface area contributed by atoms with E-state index >= 15 is 0 Å². The van der Waals surface area contributed by atoms with Crippen molar-refractivity contribution in [2.75, 3.05) is 12.4 Å². The summed E-state index contributed by atoms with van der Waals surface area (Å²) in [5.41, 5.74) is 1.63. The van der Waals surface area contributed by atoms with Gasteiger partial charge in [0, 0.05) is 11.8 Å². The summed E-state index contributed by atoms with van der Waals surface area (Å²) in [5, 5.41) is 27.0. The Kier molecular flexibility index (Phi) is 5.74. The van der Waals surface area contributed by atoms with Gasteiger partial charge in [0.1, 0.15) is 0 Å². The van der Waals surface area contributed by atoms with Crippen LogP contribution in [-0.4, -0.2) is 28.5 Å². The zero-order chi connectivity index (χ0) is 20.3. The Hall–Kier alpha value is -3.20. The molecule has 1 aliphatic heterocycles. The number of hydrogen-bond donors (Lipinski definition) is 3. The van der Waals surface area contributed by atoms with Gasteiger partial charge in [-0.25, -0.2) is 0 Å². The van der Waals surface area contributed by atoms with Gasteiger partial charge in [0.2, 0.25) is 5.75 Å². The average molecular weight is 401 g/mol. The van der Waals surface area contributed by atoms with Crippen molar-refractivity contribution in [2.45, 2.75) is 18.8 Å². The molecule has 1 heterocycles. The molecule has 28 heavy (non-hydrogen) atoms. The van der Waals surface area contributed by atoms with Crippen molar-refractivity contribution < 1.29 is 19.6 Å². The van der Waals surface area contributed by atoms with Crippen molar-refractivity contribution >= 4 is 35.1 Å². The maximum atomic E-state index is 12.3. The lowest BCUT2D eigenvalue weighted by molar-refractivity contribution is -0.386. The largest absolute Gasteiger partial charge is 0.500 e. The van der Waals surface area contributed by atoms with Crippen molar-refractivity contribution in [3.63, 3.8) is 0 Å². The SMILES string of the molecule is CCc1ccc(NC2NC(=O)/C(=C/c3cc(OC)c(O)c([N+](=O)[O-])c3)S2)cc1. The number of aromatic hydroxyl groups is 1. The zero-order valence-corrected chi connectivity index (χ0v) is 16.1. The van der Waals surface area contributed by atoms with E-state index in [0.29, 0.717) is 10.5 Å². The van der Waals surface area contributed by atoms with Crippen LogP contribution in [0.25, 0.3) is 6.08 Å². The monoisotopic (exact) mass is 401 g/mol. The van der Waals surface area contributed by atoms with E-state index in [1.807, 2.05) is 24.3 Å². The van der Waals surface area contributed by atoms with Crippen LogP contribution in [0.3, 0.4) is 0 Å². The first-order valence-electron chi connectivity index (χ1n) is 8.51. The second-order valence-corrected chi connectivity index (χ2v) is 7.17. The van der Waals surface area contributed by atoms with E-state index in [9.17, 15) is 20.0 Å². The number of phenols is 1. The molecule has 3 N–H and O–H groups in total. The molecule has 0 radical (unpaired) electrons. The highest BCUT2D eigenvalue weighted by atomic mass is 32.2. The van der Waals surface area contributed by atoms with Gasteiger partial charge in [-0.15, -0.1) is 0 Å². The highest BCUT2D eigenvalue weighted by Gasteiger charge is 2.28. The third kappa shape index (κ3) is 4.20. The quantitative estimate of drug-likeness (QED) is 0.386. The molecule has 1 fully saturated rings. The molecular formula is C19H19N3O5S. The Labute approximate surface area is 165 Å². The molecule has 0 aliphatic carbocycles. The van der Waals surface area contributed by atoms with E-state index < -0.39 is 16.4 Å². The van der Waals surface area contributed by atoms with Gasteiger partial charge in [-0.3, -0.25) is 14.9 Å². The number of anilines is 1. The van der Waals surface area contributed by atoms with Gasteiger partial charge < -0.3 is 20.5 Å². The second-order valence-electron chi connectivity index (χ2n) is 6.02. The van der Waals surface area contributed by atoms with Crippen LogP contribution >= 0.6 is 11.8 Å². The summed E-state index contributed by atoms with van der Waals surface area (Å²) in [4.78, 5) is 23.1. The number of aryl methyl sites for hydroxylation is 1. The molecule has 0 spiro atoms. The number of ether oxygens (including phenoxy) is 1. The molecule has 1 atom stereocenters. The Morgan fingerprint density at radius 2 is 2.07 bits per heavy atom. The molecule has 1 amide bonds. The Bertz CT molecular complexity index is 943. The van der Waals surface area contributed by atoms with Crippen molar-refractivity contribution in [2.24, 2.45) is 0 Å². The number of nitrogens with zero attached hydrogens (tertiary/aromatic N) is 1. The molecule has 8 nitrogen and oxygen atoms in total. The fourth-order valence-electron chi connectivity index (χ4n) is 2.70. The minimum absolute atomic E-state index is 0.0323. The first-order chi connectivity index (χ1) is 13.4. The predicted octanol–water partition coefficient (Wildman–Crippen LogP) is 3.47. The molecule has 0 aromatic heterocycles. The normalized spacial score (nSPS) is 17.4. The number of amides is 1. The highest BCUT2D eigenvalue weighted by Crippen LogP contribution is 2.38. The Morgan fingerprint density at radius 3 is 2.68 bits per heavy atom. The van der Waals surface area contributed by atoms with Crippen LogP contribution in [0, 0.1) is 10.1 Å². The fraction of sp³-hybridized carbons (Fsp3) is 0.211. The van der Waals surface area contributed by atoms with Crippen LogP contribution in [0.5, 0.6) is 11.5 Å². The lowest BCUT2D eigenvalue weighted by Crippen LogP contribution is -2.30. The van der Waals surface area contributed by atoms with Crippen molar-refractivity contribution in [1.82, 2.24) is 5.32 Å². The van der Waals surface area contributed by atoms with Gasteiger partial charge in [0.05, 0.1) is 16.9 Å². The third-order valence-electron chi connectivity index (χ3n) is 4.18. The van der Waals surface area contributed by atoms with Crippen molar-refractivity contribution in [3.05, 3.63) is 62.5 Å². The molecule has 1 aliphatic rings. The van der Waals surface area contributed by atoms with Gasteiger partial charge >= 0.3 is 5.69 Å². The summed E-state index contributed by atoms with van der Waals surface area (Å²) in [6.07, 6.45) is 2.47. The summed E-state index contributed by atoms with van der Waals surface area (Å²) >= 11 is 1.27. The molecule has 0 saturated carbocycles. The minimum atomic E-state index is -0.702. The molecular weight excluding hydrogens is 382 g/mol. The summed E-state index contributed by atoms with van der Waals surface area (Å²) in [6, 6.07) is 10.6. The number of phenolic OH excluding ortho intramolecular Hbond substituents is 1. The number of nitro benzene ring substituents is 1. The summed E-state index contributed by atoms with van der Waals surface area (Å²) in [5.74, 6) is -0.870. The maximum Gasteiger partial charge on any atom is 0.315 e. The van der Waals surface area contributed by atoms with Gasteiger partial charge in [-0.1, -0.05) is 30.8 Å². The molecule has 3 rings (SSSR count). The zero-order valence-electron chi connectivity index (χ0n) is 15.3. The van der Waals surface area contributed by atoms with Gasteiger partial charge in [-0.05, 0) is 41.8 Å². The van der Waals surface area contributed by atoms with Crippen LogP contribution in [0.4, 0.5) is 11.4 Å². The molecule has 2 aromatic rings. The summed E-state index contributed by atoms with van der Waals surface area (Å²) in [7, 11) is 1.30.